The molecule has 0 unspecified atom stereocenters. The summed E-state index contributed by atoms with van der Waals surface area (Å²) in [6, 6.07) is 2.86. The van der Waals surface area contributed by atoms with E-state index in [4.69, 9.17) is 16.3 Å². The number of fused-ring (bicyclic) bond motifs is 1. The van der Waals surface area contributed by atoms with E-state index in [0.717, 1.165) is 18.4 Å². The van der Waals surface area contributed by atoms with E-state index in [0.29, 0.717) is 31.1 Å². The van der Waals surface area contributed by atoms with Gasteiger partial charge in [0.1, 0.15) is 16.9 Å². The van der Waals surface area contributed by atoms with Crippen LogP contribution in [-0.4, -0.2) is 44.7 Å². The number of aromatic nitrogens is 3. The van der Waals surface area contributed by atoms with E-state index < -0.39 is 11.4 Å². The van der Waals surface area contributed by atoms with Gasteiger partial charge in [0.2, 0.25) is 0 Å². The average molecular weight is 369 g/mol. The molecule has 0 N–H and O–H groups in total. The molecule has 2 heterocycles. The standard InChI is InChI=1S/C17H22ClFN4O2/c1-17(2,3)25-16(24)22-6-4-11(5-7-22)10-23-15-8-12(18)13(19)9-14(15)20-21-23/h8-9,11H,4-7,10H2,1-3H3. The van der Waals surface area contributed by atoms with E-state index >= 15 is 0 Å². The minimum atomic E-state index is -0.494. The number of amides is 1. The Morgan fingerprint density at radius 3 is 2.68 bits per heavy atom. The van der Waals surface area contributed by atoms with Crippen LogP contribution in [0.1, 0.15) is 33.6 Å². The lowest BCUT2D eigenvalue weighted by molar-refractivity contribution is 0.0177. The molecule has 3 rings (SSSR count). The minimum Gasteiger partial charge on any atom is -0.444 e. The number of likely N-dealkylation sites (tertiary alicyclic amines) is 1. The zero-order valence-corrected chi connectivity index (χ0v) is 15.4. The fourth-order valence-electron chi connectivity index (χ4n) is 2.97. The molecule has 0 saturated carbocycles. The van der Waals surface area contributed by atoms with Gasteiger partial charge >= 0.3 is 6.09 Å². The number of hydrogen-bond acceptors (Lipinski definition) is 4. The first kappa shape index (κ1) is 17.9. The van der Waals surface area contributed by atoms with Gasteiger partial charge in [-0.15, -0.1) is 5.10 Å². The average Bonchev–Trinajstić information content (AvgIpc) is 2.89. The highest BCUT2D eigenvalue weighted by Gasteiger charge is 2.27. The van der Waals surface area contributed by atoms with Gasteiger partial charge in [0.15, 0.2) is 0 Å². The zero-order valence-electron chi connectivity index (χ0n) is 14.6. The third kappa shape index (κ3) is 4.21. The molecular weight excluding hydrogens is 347 g/mol. The van der Waals surface area contributed by atoms with E-state index in [9.17, 15) is 9.18 Å². The summed E-state index contributed by atoms with van der Waals surface area (Å²) < 4.78 is 20.7. The minimum absolute atomic E-state index is 0.0656. The highest BCUT2D eigenvalue weighted by Crippen LogP contribution is 2.25. The predicted molar refractivity (Wildman–Crippen MR) is 93.0 cm³/mol. The van der Waals surface area contributed by atoms with Gasteiger partial charge in [-0.25, -0.2) is 13.9 Å². The molecule has 25 heavy (non-hydrogen) atoms. The van der Waals surface area contributed by atoms with Crippen molar-refractivity contribution in [3.05, 3.63) is 23.0 Å². The second-order valence-corrected chi connectivity index (χ2v) is 7.84. The number of piperidine rings is 1. The summed E-state index contributed by atoms with van der Waals surface area (Å²) in [4.78, 5) is 13.9. The van der Waals surface area contributed by atoms with Gasteiger partial charge in [-0.2, -0.15) is 0 Å². The van der Waals surface area contributed by atoms with Crippen molar-refractivity contribution in [1.29, 1.82) is 0 Å². The van der Waals surface area contributed by atoms with Crippen LogP contribution in [0.3, 0.4) is 0 Å². The molecule has 1 fully saturated rings. The van der Waals surface area contributed by atoms with Crippen LogP contribution in [-0.2, 0) is 11.3 Å². The monoisotopic (exact) mass is 368 g/mol. The second-order valence-electron chi connectivity index (χ2n) is 7.44. The normalized spacial score (nSPS) is 16.4. The van der Waals surface area contributed by atoms with Crippen molar-refractivity contribution in [3.63, 3.8) is 0 Å². The second kappa shape index (κ2) is 6.78. The lowest BCUT2D eigenvalue weighted by Gasteiger charge is -2.33. The van der Waals surface area contributed by atoms with Gasteiger partial charge in [-0.1, -0.05) is 16.8 Å². The van der Waals surface area contributed by atoms with Crippen molar-refractivity contribution in [2.75, 3.05) is 13.1 Å². The van der Waals surface area contributed by atoms with Crippen molar-refractivity contribution < 1.29 is 13.9 Å². The van der Waals surface area contributed by atoms with Crippen molar-refractivity contribution in [3.8, 4) is 0 Å². The summed E-state index contributed by atoms with van der Waals surface area (Å²) in [7, 11) is 0. The van der Waals surface area contributed by atoms with Crippen LogP contribution < -0.4 is 0 Å². The summed E-state index contributed by atoms with van der Waals surface area (Å²) in [5.41, 5.74) is 0.733. The molecule has 6 nitrogen and oxygen atoms in total. The lowest BCUT2D eigenvalue weighted by atomic mass is 9.97. The Hall–Kier alpha value is -1.89. The highest BCUT2D eigenvalue weighted by atomic mass is 35.5. The topological polar surface area (TPSA) is 60.2 Å². The van der Waals surface area contributed by atoms with Crippen LogP contribution in [0.25, 0.3) is 11.0 Å². The largest absolute Gasteiger partial charge is 0.444 e. The Bertz CT molecular complexity index is 779. The molecule has 0 atom stereocenters. The van der Waals surface area contributed by atoms with Crippen molar-refractivity contribution >= 4 is 28.7 Å². The molecule has 2 aromatic rings. The number of ether oxygens (including phenoxy) is 1. The molecule has 1 aliphatic rings. The van der Waals surface area contributed by atoms with Gasteiger partial charge in [-0.3, -0.25) is 0 Å². The first-order chi connectivity index (χ1) is 11.7. The van der Waals surface area contributed by atoms with Crippen LogP contribution in [0.2, 0.25) is 5.02 Å². The third-order valence-corrected chi connectivity index (χ3v) is 4.54. The summed E-state index contributed by atoms with van der Waals surface area (Å²) in [6.45, 7) is 7.56. The number of hydrogen-bond donors (Lipinski definition) is 0. The molecular formula is C17H22ClFN4O2. The predicted octanol–water partition coefficient (Wildman–Crippen LogP) is 3.87. The Kier molecular flexibility index (Phi) is 4.86. The number of nitrogens with zero attached hydrogens (tertiary/aromatic N) is 4. The van der Waals surface area contributed by atoms with Crippen LogP contribution >= 0.6 is 11.6 Å². The SMILES string of the molecule is CC(C)(C)OC(=O)N1CCC(Cn2nnc3cc(F)c(Cl)cc32)CC1. The molecule has 0 bridgehead atoms. The van der Waals surface area contributed by atoms with Crippen LogP contribution in [0, 0.1) is 11.7 Å². The maximum absolute atomic E-state index is 13.5. The third-order valence-electron chi connectivity index (χ3n) is 4.25. The quantitative estimate of drug-likeness (QED) is 0.807. The number of halogens is 2. The molecule has 1 aliphatic heterocycles. The summed E-state index contributed by atoms with van der Waals surface area (Å²) in [5.74, 6) is -0.126. The molecule has 0 spiro atoms. The van der Waals surface area contributed by atoms with Gasteiger partial charge in [0.05, 0.1) is 10.5 Å². The smallest absolute Gasteiger partial charge is 0.410 e. The van der Waals surface area contributed by atoms with E-state index in [2.05, 4.69) is 10.3 Å². The fourth-order valence-corrected chi connectivity index (χ4v) is 3.12. The molecule has 1 aromatic heterocycles. The van der Waals surface area contributed by atoms with Gasteiger partial charge < -0.3 is 9.64 Å². The Labute approximate surface area is 150 Å². The van der Waals surface area contributed by atoms with Crippen molar-refractivity contribution in [2.24, 2.45) is 5.92 Å². The molecule has 1 saturated heterocycles. The van der Waals surface area contributed by atoms with E-state index in [1.54, 1.807) is 15.6 Å². The number of carbonyl (C=O) groups is 1. The molecule has 0 aliphatic carbocycles. The summed E-state index contributed by atoms with van der Waals surface area (Å²) >= 11 is 5.86. The highest BCUT2D eigenvalue weighted by molar-refractivity contribution is 6.31. The molecule has 8 heteroatoms. The first-order valence-electron chi connectivity index (χ1n) is 8.39. The van der Waals surface area contributed by atoms with Gasteiger partial charge in [-0.05, 0) is 45.6 Å². The molecule has 0 radical (unpaired) electrons. The Morgan fingerprint density at radius 1 is 1.36 bits per heavy atom. The van der Waals surface area contributed by atoms with E-state index in [-0.39, 0.29) is 11.1 Å². The van der Waals surface area contributed by atoms with Gasteiger partial charge in [0.25, 0.3) is 0 Å². The molecule has 136 valence electrons. The zero-order chi connectivity index (χ0) is 18.2. The Balaban J connectivity index is 1.61. The van der Waals surface area contributed by atoms with Crippen molar-refractivity contribution in [2.45, 2.75) is 45.8 Å². The summed E-state index contributed by atoms with van der Waals surface area (Å²) in [6.07, 6.45) is 1.45. The van der Waals surface area contributed by atoms with Gasteiger partial charge in [0, 0.05) is 25.7 Å². The van der Waals surface area contributed by atoms with E-state index in [1.165, 1.54) is 6.07 Å². The number of benzene rings is 1. The first-order valence-corrected chi connectivity index (χ1v) is 8.77. The van der Waals surface area contributed by atoms with E-state index in [1.807, 2.05) is 20.8 Å². The Morgan fingerprint density at radius 2 is 2.04 bits per heavy atom. The van der Waals surface area contributed by atoms with Crippen LogP contribution in [0.15, 0.2) is 12.1 Å². The maximum Gasteiger partial charge on any atom is 0.410 e. The van der Waals surface area contributed by atoms with Crippen LogP contribution in [0.5, 0.6) is 0 Å². The number of carbonyl (C=O) groups excluding carboxylic acids is 1. The fraction of sp³-hybridized carbons (Fsp3) is 0.588. The van der Waals surface area contributed by atoms with Crippen LogP contribution in [0.4, 0.5) is 9.18 Å². The molecule has 1 amide bonds. The van der Waals surface area contributed by atoms with Crippen molar-refractivity contribution in [1.82, 2.24) is 19.9 Å². The lowest BCUT2D eigenvalue weighted by Crippen LogP contribution is -2.42. The maximum atomic E-state index is 13.5. The summed E-state index contributed by atoms with van der Waals surface area (Å²) in [5, 5.41) is 8.18. The molecule has 1 aromatic carbocycles. The number of rotatable bonds is 2.